The van der Waals surface area contributed by atoms with Crippen molar-refractivity contribution in [1.29, 1.82) is 0 Å². The first-order valence-electron chi connectivity index (χ1n) is 38.4. The molecule has 4 saturated heterocycles. The molecule has 0 bridgehead atoms. The van der Waals surface area contributed by atoms with Crippen LogP contribution in [0.5, 0.6) is 23.0 Å². The van der Waals surface area contributed by atoms with Crippen molar-refractivity contribution in [3.63, 3.8) is 0 Å². The van der Waals surface area contributed by atoms with Crippen molar-refractivity contribution < 1.29 is 179 Å². The fraction of sp³-hybridized carbons (Fsp3) is 0.412. The van der Waals surface area contributed by atoms with E-state index in [0.717, 1.165) is 29.4 Å². The van der Waals surface area contributed by atoms with Crippen molar-refractivity contribution in [1.82, 2.24) is 38.2 Å². The molecular formula is C68H72F4N8O36P4S4. The van der Waals surface area contributed by atoms with E-state index in [9.17, 15) is 98.7 Å². The second-order valence-corrected chi connectivity index (χ2v) is 34.7. The van der Waals surface area contributed by atoms with Gasteiger partial charge in [0, 0.05) is 69.3 Å². The second kappa shape index (κ2) is 37.5. The lowest BCUT2D eigenvalue weighted by atomic mass is 10.1. The Labute approximate surface area is 719 Å². The molecule has 4 aromatic heterocycles. The molecule has 8 aliphatic heterocycles. The highest BCUT2D eigenvalue weighted by Crippen LogP contribution is 2.60. The molecule has 44 nitrogen and oxygen atoms in total. The number of aromatic nitrogens is 8. The Bertz CT molecular complexity index is 6410. The van der Waals surface area contributed by atoms with E-state index in [4.69, 9.17) is 130 Å². The van der Waals surface area contributed by atoms with Crippen molar-refractivity contribution >= 4 is 80.2 Å². The Kier molecular flexibility index (Phi) is 25.9. The number of phosphoric ester groups is 4. The first-order chi connectivity index (χ1) is 60.8. The summed E-state index contributed by atoms with van der Waals surface area (Å²) < 4.78 is 243. The van der Waals surface area contributed by atoms with Crippen molar-refractivity contribution in [3.8, 4) is 23.0 Å². The summed E-state index contributed by atoms with van der Waals surface area (Å²) in [5.41, 5.74) is -2.02. The maximum atomic E-state index is 15.8. The molecule has 20 atom stereocenters. The number of nitrogens with one attached hydrogen (secondary N) is 4. The maximum absolute atomic E-state index is 15.8. The number of aromatic amines is 4. The van der Waals surface area contributed by atoms with E-state index in [-0.39, 0.29) is 94.8 Å². The Morgan fingerprint density at radius 1 is 0.387 bits per heavy atom. The number of halogens is 4. The number of hydrogen-bond acceptors (Lipinski definition) is 40. The number of aliphatic hydroxyl groups is 12. The van der Waals surface area contributed by atoms with Gasteiger partial charge in [-0.25, -0.2) is 55.0 Å². The molecule has 16 rings (SSSR count). The predicted octanol–water partition coefficient (Wildman–Crippen LogP) is 4.19. The molecule has 124 heavy (non-hydrogen) atoms. The van der Waals surface area contributed by atoms with Crippen LogP contribution in [0.2, 0.25) is 0 Å². The molecule has 4 unspecified atom stereocenters. The number of H-pyrrole nitrogens is 4. The minimum Gasteiger partial charge on any atom is -0.404 e. The molecule has 0 spiro atoms. The number of rotatable bonds is 20. The summed E-state index contributed by atoms with van der Waals surface area (Å²) >= 11 is 19.5. The summed E-state index contributed by atoms with van der Waals surface area (Å²) in [7, 11) is -18.1. The molecule has 12 heterocycles. The number of fused-ring (bicyclic) bond motifs is 4. The van der Waals surface area contributed by atoms with Gasteiger partial charge in [0.05, 0.1) is 61.1 Å². The van der Waals surface area contributed by atoms with Gasteiger partial charge in [-0.15, -0.1) is 0 Å². The van der Waals surface area contributed by atoms with Gasteiger partial charge in [-0.1, -0.05) is 122 Å². The molecule has 0 radical (unpaired) electrons. The van der Waals surface area contributed by atoms with Gasteiger partial charge in [-0.2, -0.15) is 0 Å². The summed E-state index contributed by atoms with van der Waals surface area (Å²) in [6, 6.07) is 25.4. The van der Waals surface area contributed by atoms with Gasteiger partial charge in [0.15, 0.2) is 24.9 Å². The van der Waals surface area contributed by atoms with Crippen molar-refractivity contribution in [2.75, 3.05) is 26.3 Å². The molecule has 4 fully saturated rings. The average Bonchev–Trinajstić information content (AvgIpc) is 1.55. The van der Waals surface area contributed by atoms with Crippen molar-refractivity contribution in [3.05, 3.63) is 227 Å². The lowest BCUT2D eigenvalue weighted by Crippen LogP contribution is -2.43. The highest BCUT2D eigenvalue weighted by molar-refractivity contribution is 7.72. The topological polar surface area (TPSA) is 610 Å². The van der Waals surface area contributed by atoms with Crippen LogP contribution in [0.15, 0.2) is 141 Å². The van der Waals surface area contributed by atoms with E-state index >= 15 is 17.6 Å². The van der Waals surface area contributed by atoms with Gasteiger partial charge in [0.25, 0.3) is 23.4 Å². The normalized spacial score (nSPS) is 34.6. The third-order valence-corrected chi connectivity index (χ3v) is 25.1. The maximum Gasteiger partial charge on any atom is 0.530 e. The van der Waals surface area contributed by atoms with Crippen LogP contribution in [0, 0.1) is 18.6 Å². The van der Waals surface area contributed by atoms with E-state index in [1.165, 1.54) is 30.3 Å². The molecule has 0 saturated carbocycles. The van der Waals surface area contributed by atoms with Crippen LogP contribution in [-0.2, 0) is 126 Å². The summed E-state index contributed by atoms with van der Waals surface area (Å²) in [4.78, 5) is 57.7. The van der Waals surface area contributed by atoms with Gasteiger partial charge in [-0.05, 0) is 24.3 Å². The SMILES string of the molecule is O=c1[nH]c(=S)c(CO)cn1[C@@H]1O[C@](F)(COP2(=O)OCc3ccccc3O2)[C@@H](O)[C@H]1O.[2H]C([2H])(OP1(=O)OCc2ccccc2O1)[C@@]1(F)O[C@@H](n2cc(CO)c(=S)[nH]c2=O)[C@H](O)[C@@H]1O.[2H]C([2H])(OP1(=O)OCc2ccccc2O1)[C@@]1(F)O[C@@]([2H])(n2cc(CO)c(=S)[nH]c2=O)[C@H](O)[C@@H]1O.[2H][C@@]1(n2cc(CO)c(=S)[nH]c2=O)O[C@](F)(COP2(=O)OCc3ccccc3O2)[C@@H](O)[C@H]1O. The highest BCUT2D eigenvalue weighted by Gasteiger charge is 2.62. The molecule has 0 amide bonds. The summed E-state index contributed by atoms with van der Waals surface area (Å²) in [5.74, 6) is -13.7. The number of alkyl halides is 4. The van der Waals surface area contributed by atoms with Crippen LogP contribution in [0.3, 0.4) is 0 Å². The van der Waals surface area contributed by atoms with E-state index in [2.05, 4.69) is 19.9 Å². The van der Waals surface area contributed by atoms with Crippen LogP contribution in [0.25, 0.3) is 0 Å². The number of ether oxygens (including phenoxy) is 4. The van der Waals surface area contributed by atoms with E-state index in [0.29, 0.717) is 31.4 Å². The number of phosphoric acid groups is 4. The van der Waals surface area contributed by atoms with Crippen LogP contribution in [0.1, 0.15) is 77.6 Å². The van der Waals surface area contributed by atoms with Crippen LogP contribution in [0.4, 0.5) is 17.6 Å². The van der Waals surface area contributed by atoms with E-state index in [1.807, 2.05) is 0 Å². The zero-order chi connectivity index (χ0) is 95.0. The Hall–Kier alpha value is -7.84. The lowest BCUT2D eigenvalue weighted by molar-refractivity contribution is -0.205. The highest BCUT2D eigenvalue weighted by atomic mass is 32.1. The predicted molar refractivity (Wildman–Crippen MR) is 413 cm³/mol. The zero-order valence-corrected chi connectivity index (χ0v) is 69.1. The van der Waals surface area contributed by atoms with Crippen molar-refractivity contribution in [2.45, 2.75) is 150 Å². The Balaban J connectivity index is 0.000000148. The van der Waals surface area contributed by atoms with Crippen LogP contribution < -0.4 is 40.9 Å². The Morgan fingerprint density at radius 2 is 0.629 bits per heavy atom. The molecule has 0 aliphatic carbocycles. The molecule has 56 heteroatoms. The van der Waals surface area contributed by atoms with E-state index in [1.54, 1.807) is 66.7 Å². The third-order valence-electron chi connectivity index (χ3n) is 18.6. The molecule has 4 aromatic carbocycles. The lowest BCUT2D eigenvalue weighted by Gasteiger charge is -2.28. The van der Waals surface area contributed by atoms with Crippen LogP contribution >= 0.6 is 80.2 Å². The van der Waals surface area contributed by atoms with Gasteiger partial charge >= 0.3 is 54.0 Å². The van der Waals surface area contributed by atoms with E-state index < -0.39 is 204 Å². The number of para-hydroxylation sites is 4. The zero-order valence-electron chi connectivity index (χ0n) is 68.3. The van der Waals surface area contributed by atoms with Gasteiger partial charge in [0.1, 0.15) is 117 Å². The Morgan fingerprint density at radius 3 is 0.952 bits per heavy atom. The third kappa shape index (κ3) is 19.7. The fourth-order valence-electron chi connectivity index (χ4n) is 12.0. The average molecular weight is 1910 g/mol. The largest absolute Gasteiger partial charge is 0.530 e. The summed E-state index contributed by atoms with van der Waals surface area (Å²) in [5, 5.41) is 120. The molecule has 8 aliphatic rings. The summed E-state index contributed by atoms with van der Waals surface area (Å²) in [6.07, 6.45) is -25.0. The van der Waals surface area contributed by atoms with Crippen LogP contribution in [-0.4, -0.2) is 198 Å². The minimum absolute atomic E-state index is 0.0117. The monoisotopic (exact) mass is 1910 g/mol. The second-order valence-electron chi connectivity index (χ2n) is 26.9. The number of nitrogens with zero attached hydrogens (tertiary/aromatic N) is 4. The first-order valence-corrected chi connectivity index (χ1v) is 42.9. The number of benzene rings is 4. The number of aliphatic hydroxyl groups excluding tert-OH is 12. The standard InChI is InChI=1S/4C17H18FN2O9PS/c4*18-17(8-27-30(25)26-7-9-3-1-2-4-11(9)29-30)13(23)12(22)15(28-17)20-5-10(6-21)14(31)19-16(20)24/h4*1-5,12-13,15,21-23H,6-8H2,(H,19,24,31)/t4*12-,13+,15-,17-,30?/m1111/s1/i8D2,15D;15D;8D2;. The molecule has 8 aromatic rings. The van der Waals surface area contributed by atoms with Gasteiger partial charge in [0.2, 0.25) is 0 Å². The van der Waals surface area contributed by atoms with Crippen molar-refractivity contribution in [2.24, 2.45) is 0 Å². The first kappa shape index (κ1) is 85.6. The minimum atomic E-state index is -4.82. The number of hydrogen-bond donors (Lipinski definition) is 16. The van der Waals surface area contributed by atoms with Gasteiger partial charge in [-0.3, -0.25) is 74.4 Å². The molecular weight excluding hydrogens is 1830 g/mol. The molecule has 672 valence electrons. The van der Waals surface area contributed by atoms with Gasteiger partial charge < -0.3 is 98.3 Å². The fourth-order valence-corrected chi connectivity index (χ4v) is 17.5. The smallest absolute Gasteiger partial charge is 0.404 e. The quantitative estimate of drug-likeness (QED) is 0.0289. The summed E-state index contributed by atoms with van der Waals surface area (Å²) in [6.45, 7) is -13.3. The molecule has 16 N–H and O–H groups in total.